The molecule has 26 heavy (non-hydrogen) atoms. The number of nitrogens with zero attached hydrogens (tertiary/aromatic N) is 1. The quantitative estimate of drug-likeness (QED) is 0.835. The maximum Gasteiger partial charge on any atom is 0.253 e. The van der Waals surface area contributed by atoms with Crippen molar-refractivity contribution in [2.45, 2.75) is 25.8 Å². The zero-order valence-electron chi connectivity index (χ0n) is 15.2. The molecule has 3 rings (SSSR count). The number of carbonyl (C=O) groups excluding carboxylic acids is 2. The van der Waals surface area contributed by atoms with Crippen molar-refractivity contribution in [3.05, 3.63) is 59.7 Å². The number of ether oxygens (including phenoxy) is 1. The number of hydrogen-bond donors (Lipinski definition) is 1. The summed E-state index contributed by atoms with van der Waals surface area (Å²) in [5.41, 5.74) is 2.27. The summed E-state index contributed by atoms with van der Waals surface area (Å²) in [5, 5.41) is 3.50. The first-order valence-corrected chi connectivity index (χ1v) is 8.87. The second-order valence-corrected chi connectivity index (χ2v) is 6.60. The van der Waals surface area contributed by atoms with Crippen molar-refractivity contribution >= 4 is 17.4 Å². The van der Waals surface area contributed by atoms with E-state index < -0.39 is 0 Å². The number of nitrogens with one attached hydrogen (secondary N) is 1. The molecule has 1 amide bonds. The summed E-state index contributed by atoms with van der Waals surface area (Å²) < 4.78 is 5.18. The summed E-state index contributed by atoms with van der Waals surface area (Å²) in [7, 11) is 1.65. The predicted octanol–water partition coefficient (Wildman–Crippen LogP) is 3.61. The summed E-state index contributed by atoms with van der Waals surface area (Å²) >= 11 is 0. The first-order chi connectivity index (χ1) is 12.6. The van der Waals surface area contributed by atoms with E-state index in [9.17, 15) is 9.59 Å². The molecular weight excluding hydrogens is 328 g/mol. The van der Waals surface area contributed by atoms with Gasteiger partial charge in [-0.15, -0.1) is 0 Å². The van der Waals surface area contributed by atoms with Crippen molar-refractivity contribution in [3.8, 4) is 5.75 Å². The van der Waals surface area contributed by atoms with E-state index in [1.54, 1.807) is 31.4 Å². The molecule has 1 atom stereocenters. The van der Waals surface area contributed by atoms with E-state index in [-0.39, 0.29) is 17.7 Å². The lowest BCUT2D eigenvalue weighted by Gasteiger charge is -2.33. The van der Waals surface area contributed by atoms with Crippen LogP contribution >= 0.6 is 0 Å². The summed E-state index contributed by atoms with van der Waals surface area (Å²) in [6.45, 7) is 2.95. The zero-order chi connectivity index (χ0) is 18.5. The lowest BCUT2D eigenvalue weighted by molar-refractivity contribution is 0.0714. The standard InChI is InChI=1S/C21H24N2O3/c1-15(24)16-5-7-17(8-6-16)21(25)23-13-3-4-19(14-23)22-18-9-11-20(26-2)12-10-18/h5-12,19,22H,3-4,13-14H2,1-2H3/t19-/m1/s1. The van der Waals surface area contributed by atoms with Gasteiger partial charge in [0.2, 0.25) is 0 Å². The average Bonchev–Trinajstić information content (AvgIpc) is 2.68. The number of benzene rings is 2. The van der Waals surface area contributed by atoms with Crippen molar-refractivity contribution in [3.63, 3.8) is 0 Å². The van der Waals surface area contributed by atoms with E-state index in [1.807, 2.05) is 29.2 Å². The molecule has 5 nitrogen and oxygen atoms in total. The molecule has 2 aromatic carbocycles. The van der Waals surface area contributed by atoms with Crippen LogP contribution in [-0.2, 0) is 0 Å². The molecular formula is C21H24N2O3. The van der Waals surface area contributed by atoms with Crippen LogP contribution in [-0.4, -0.2) is 42.8 Å². The predicted molar refractivity (Wildman–Crippen MR) is 102 cm³/mol. The molecule has 1 saturated heterocycles. The Bertz CT molecular complexity index is 769. The Morgan fingerprint density at radius 2 is 1.69 bits per heavy atom. The molecule has 1 fully saturated rings. The Labute approximate surface area is 154 Å². The number of likely N-dealkylation sites (tertiary alicyclic amines) is 1. The van der Waals surface area contributed by atoms with Gasteiger partial charge in [0.25, 0.3) is 5.91 Å². The van der Waals surface area contributed by atoms with Crippen LogP contribution in [0.2, 0.25) is 0 Å². The fourth-order valence-corrected chi connectivity index (χ4v) is 3.23. The van der Waals surface area contributed by atoms with Gasteiger partial charge >= 0.3 is 0 Å². The molecule has 0 radical (unpaired) electrons. The Morgan fingerprint density at radius 1 is 1.04 bits per heavy atom. The Balaban J connectivity index is 1.63. The first kappa shape index (κ1) is 18.0. The van der Waals surface area contributed by atoms with Crippen molar-refractivity contribution in [1.29, 1.82) is 0 Å². The number of methoxy groups -OCH3 is 1. The number of rotatable bonds is 5. The average molecular weight is 352 g/mol. The minimum absolute atomic E-state index is 0.00530. The van der Waals surface area contributed by atoms with E-state index in [4.69, 9.17) is 4.74 Å². The summed E-state index contributed by atoms with van der Waals surface area (Å²) in [6, 6.07) is 14.9. The third kappa shape index (κ3) is 4.23. The fourth-order valence-electron chi connectivity index (χ4n) is 3.23. The summed E-state index contributed by atoms with van der Waals surface area (Å²) in [6.07, 6.45) is 1.99. The summed E-state index contributed by atoms with van der Waals surface area (Å²) in [4.78, 5) is 26.0. The van der Waals surface area contributed by atoms with Crippen LogP contribution in [0.4, 0.5) is 5.69 Å². The van der Waals surface area contributed by atoms with Crippen LogP contribution in [0.3, 0.4) is 0 Å². The summed E-state index contributed by atoms with van der Waals surface area (Å²) in [5.74, 6) is 0.845. The molecule has 1 heterocycles. The van der Waals surface area contributed by atoms with Crippen molar-refractivity contribution < 1.29 is 14.3 Å². The Hall–Kier alpha value is -2.82. The molecule has 2 aromatic rings. The molecule has 0 aliphatic carbocycles. The van der Waals surface area contributed by atoms with Gasteiger partial charge in [-0.2, -0.15) is 0 Å². The van der Waals surface area contributed by atoms with Gasteiger partial charge in [-0.05, 0) is 56.2 Å². The van der Waals surface area contributed by atoms with E-state index in [0.29, 0.717) is 17.7 Å². The highest BCUT2D eigenvalue weighted by molar-refractivity contribution is 5.97. The van der Waals surface area contributed by atoms with Gasteiger partial charge in [-0.25, -0.2) is 0 Å². The molecule has 1 aliphatic rings. The lowest BCUT2D eigenvalue weighted by atomic mass is 10.0. The largest absolute Gasteiger partial charge is 0.497 e. The number of anilines is 1. The lowest BCUT2D eigenvalue weighted by Crippen LogP contribution is -2.45. The van der Waals surface area contributed by atoms with Crippen LogP contribution < -0.4 is 10.1 Å². The van der Waals surface area contributed by atoms with Crippen molar-refractivity contribution in [2.75, 3.05) is 25.5 Å². The minimum Gasteiger partial charge on any atom is -0.497 e. The zero-order valence-corrected chi connectivity index (χ0v) is 15.2. The molecule has 1 aliphatic heterocycles. The van der Waals surface area contributed by atoms with E-state index in [0.717, 1.165) is 30.8 Å². The third-order valence-corrected chi connectivity index (χ3v) is 4.71. The Kier molecular flexibility index (Phi) is 5.56. The van der Waals surface area contributed by atoms with Gasteiger partial charge in [-0.1, -0.05) is 12.1 Å². The van der Waals surface area contributed by atoms with E-state index in [1.165, 1.54) is 6.92 Å². The maximum absolute atomic E-state index is 12.8. The van der Waals surface area contributed by atoms with Crippen LogP contribution in [0.1, 0.15) is 40.5 Å². The van der Waals surface area contributed by atoms with Crippen molar-refractivity contribution in [1.82, 2.24) is 4.90 Å². The molecule has 0 saturated carbocycles. The Morgan fingerprint density at radius 3 is 2.31 bits per heavy atom. The number of hydrogen-bond acceptors (Lipinski definition) is 4. The molecule has 1 N–H and O–H groups in total. The van der Waals surface area contributed by atoms with Gasteiger partial charge < -0.3 is 15.0 Å². The minimum atomic E-state index is 0.00530. The SMILES string of the molecule is COc1ccc(N[C@@H]2CCCN(C(=O)c3ccc(C(C)=O)cc3)C2)cc1. The number of ketones is 1. The topological polar surface area (TPSA) is 58.6 Å². The van der Waals surface area contributed by atoms with Gasteiger partial charge in [0.1, 0.15) is 5.75 Å². The normalized spacial score (nSPS) is 16.8. The second-order valence-electron chi connectivity index (χ2n) is 6.60. The fraction of sp³-hybridized carbons (Fsp3) is 0.333. The van der Waals surface area contributed by atoms with Gasteiger partial charge in [-0.3, -0.25) is 9.59 Å². The molecule has 136 valence electrons. The molecule has 0 unspecified atom stereocenters. The highest BCUT2D eigenvalue weighted by Gasteiger charge is 2.24. The van der Waals surface area contributed by atoms with Gasteiger partial charge in [0.05, 0.1) is 7.11 Å². The first-order valence-electron chi connectivity index (χ1n) is 8.87. The number of Topliss-reactive ketones (excluding diaryl/α,β-unsaturated/α-hetero) is 1. The highest BCUT2D eigenvalue weighted by Crippen LogP contribution is 2.20. The number of carbonyl (C=O) groups is 2. The smallest absolute Gasteiger partial charge is 0.253 e. The monoisotopic (exact) mass is 352 g/mol. The van der Waals surface area contributed by atoms with Crippen LogP contribution in [0.5, 0.6) is 5.75 Å². The maximum atomic E-state index is 12.8. The molecule has 0 aromatic heterocycles. The molecule has 0 spiro atoms. The van der Waals surface area contributed by atoms with Crippen LogP contribution in [0.25, 0.3) is 0 Å². The number of amides is 1. The van der Waals surface area contributed by atoms with Crippen LogP contribution in [0, 0.1) is 0 Å². The third-order valence-electron chi connectivity index (χ3n) is 4.71. The van der Waals surface area contributed by atoms with Crippen molar-refractivity contribution in [2.24, 2.45) is 0 Å². The molecule has 5 heteroatoms. The number of piperidine rings is 1. The van der Waals surface area contributed by atoms with E-state index >= 15 is 0 Å². The highest BCUT2D eigenvalue weighted by atomic mass is 16.5. The van der Waals surface area contributed by atoms with Crippen LogP contribution in [0.15, 0.2) is 48.5 Å². The second kappa shape index (κ2) is 8.04. The van der Waals surface area contributed by atoms with E-state index in [2.05, 4.69) is 5.32 Å². The molecule has 0 bridgehead atoms. The van der Waals surface area contributed by atoms with Gasteiger partial charge in [0, 0.05) is 35.9 Å². The van der Waals surface area contributed by atoms with Gasteiger partial charge in [0.15, 0.2) is 5.78 Å².